The Morgan fingerprint density at radius 2 is 2.21 bits per heavy atom. The first-order valence-electron chi connectivity index (χ1n) is 3.84. The normalized spacial score (nSPS) is 14.4. The van der Waals surface area contributed by atoms with Gasteiger partial charge in [-0.15, -0.1) is 0 Å². The standard InChI is InChI=1S/C8H5FN2O3/c9-10-4-5-1-2-6(11(13)14)3-7(5)8(10)12/h1-3H,4H2. The summed E-state index contributed by atoms with van der Waals surface area (Å²) in [6.45, 7) is -0.133. The Hall–Kier alpha value is -1.98. The fourth-order valence-corrected chi connectivity index (χ4v) is 1.37. The van der Waals surface area contributed by atoms with E-state index in [4.69, 9.17) is 0 Å². The molecule has 0 fully saturated rings. The van der Waals surface area contributed by atoms with Crippen LogP contribution in [0.1, 0.15) is 15.9 Å². The lowest BCUT2D eigenvalue weighted by molar-refractivity contribution is -0.384. The average Bonchev–Trinajstić information content (AvgIpc) is 2.43. The van der Waals surface area contributed by atoms with Gasteiger partial charge >= 0.3 is 0 Å². The van der Waals surface area contributed by atoms with Crippen molar-refractivity contribution in [1.29, 1.82) is 0 Å². The molecule has 0 aliphatic carbocycles. The van der Waals surface area contributed by atoms with Crippen molar-refractivity contribution >= 4 is 11.6 Å². The maximum Gasteiger partial charge on any atom is 0.282 e. The summed E-state index contributed by atoms with van der Waals surface area (Å²) in [7, 11) is 0. The molecule has 1 aliphatic heterocycles. The van der Waals surface area contributed by atoms with Crippen molar-refractivity contribution in [1.82, 2.24) is 5.12 Å². The summed E-state index contributed by atoms with van der Waals surface area (Å²) in [6, 6.07) is 3.74. The second kappa shape index (κ2) is 2.76. The van der Waals surface area contributed by atoms with Crippen molar-refractivity contribution in [3.05, 3.63) is 39.4 Å². The van der Waals surface area contributed by atoms with Crippen molar-refractivity contribution in [2.24, 2.45) is 0 Å². The van der Waals surface area contributed by atoms with Crippen LogP contribution in [0, 0.1) is 10.1 Å². The lowest BCUT2D eigenvalue weighted by Crippen LogP contribution is -2.12. The topological polar surface area (TPSA) is 63.4 Å². The predicted octanol–water partition coefficient (Wildman–Crippen LogP) is 1.44. The molecule has 1 aliphatic rings. The number of carbonyl (C=O) groups is 1. The number of benzene rings is 1. The summed E-state index contributed by atoms with van der Waals surface area (Å²) in [5, 5.41) is 10.4. The average molecular weight is 196 g/mol. The van der Waals surface area contributed by atoms with Gasteiger partial charge in [0.1, 0.15) is 0 Å². The van der Waals surface area contributed by atoms with E-state index in [9.17, 15) is 19.4 Å². The van der Waals surface area contributed by atoms with E-state index in [1.165, 1.54) is 12.1 Å². The van der Waals surface area contributed by atoms with Gasteiger partial charge in [0.15, 0.2) is 0 Å². The summed E-state index contributed by atoms with van der Waals surface area (Å²) in [4.78, 5) is 20.9. The fourth-order valence-electron chi connectivity index (χ4n) is 1.37. The predicted molar refractivity (Wildman–Crippen MR) is 44.1 cm³/mol. The van der Waals surface area contributed by atoms with E-state index in [0.717, 1.165) is 6.07 Å². The van der Waals surface area contributed by atoms with Crippen molar-refractivity contribution in [3.8, 4) is 0 Å². The smallest absolute Gasteiger partial charge is 0.266 e. The molecule has 0 saturated carbocycles. The van der Waals surface area contributed by atoms with Gasteiger partial charge in [0, 0.05) is 12.1 Å². The quantitative estimate of drug-likeness (QED) is 0.387. The summed E-state index contributed by atoms with van der Waals surface area (Å²) in [5.74, 6) is -0.816. The number of nitro benzene ring substituents is 1. The Morgan fingerprint density at radius 1 is 1.50 bits per heavy atom. The van der Waals surface area contributed by atoms with Crippen LogP contribution >= 0.6 is 0 Å². The first-order valence-corrected chi connectivity index (χ1v) is 3.84. The Kier molecular flexibility index (Phi) is 1.70. The molecule has 1 aromatic rings. The molecule has 5 nitrogen and oxygen atoms in total. The highest BCUT2D eigenvalue weighted by Crippen LogP contribution is 2.26. The third-order valence-electron chi connectivity index (χ3n) is 2.06. The Bertz CT molecular complexity index is 433. The minimum absolute atomic E-state index is 0.0361. The molecule has 0 spiro atoms. The van der Waals surface area contributed by atoms with Gasteiger partial charge in [-0.3, -0.25) is 14.9 Å². The number of hydrogen-bond donors (Lipinski definition) is 0. The summed E-state index contributed by atoms with van der Waals surface area (Å²) >= 11 is 0. The van der Waals surface area contributed by atoms with Crippen molar-refractivity contribution in [2.45, 2.75) is 6.54 Å². The lowest BCUT2D eigenvalue weighted by atomic mass is 10.1. The summed E-state index contributed by atoms with van der Waals surface area (Å²) in [5.41, 5.74) is 0.345. The SMILES string of the molecule is O=C1c2cc([N+](=O)[O-])ccc2CN1F. The molecule has 0 bridgehead atoms. The molecule has 6 heteroatoms. The van der Waals surface area contributed by atoms with Gasteiger partial charge in [-0.25, -0.2) is 0 Å². The Morgan fingerprint density at radius 3 is 2.86 bits per heavy atom. The number of hydrogen-bond acceptors (Lipinski definition) is 3. The van der Waals surface area contributed by atoms with Crippen LogP contribution in [0.15, 0.2) is 18.2 Å². The third kappa shape index (κ3) is 1.12. The third-order valence-corrected chi connectivity index (χ3v) is 2.06. The minimum Gasteiger partial charge on any atom is -0.266 e. The monoisotopic (exact) mass is 196 g/mol. The molecule has 1 amide bonds. The van der Waals surface area contributed by atoms with Crippen LogP contribution in [0.5, 0.6) is 0 Å². The largest absolute Gasteiger partial charge is 0.282 e. The van der Waals surface area contributed by atoms with Gasteiger partial charge in [0.25, 0.3) is 11.6 Å². The zero-order chi connectivity index (χ0) is 10.3. The van der Waals surface area contributed by atoms with Crippen LogP contribution < -0.4 is 0 Å². The highest BCUT2D eigenvalue weighted by molar-refractivity contribution is 5.98. The summed E-state index contributed by atoms with van der Waals surface area (Å²) < 4.78 is 12.8. The molecule has 0 radical (unpaired) electrons. The molecule has 14 heavy (non-hydrogen) atoms. The van der Waals surface area contributed by atoms with Crippen LogP contribution in [0.3, 0.4) is 0 Å². The number of non-ortho nitro benzene ring substituents is 1. The highest BCUT2D eigenvalue weighted by Gasteiger charge is 2.29. The molecule has 0 aromatic heterocycles. The van der Waals surface area contributed by atoms with Crippen LogP contribution in [0.25, 0.3) is 0 Å². The zero-order valence-electron chi connectivity index (χ0n) is 6.94. The van der Waals surface area contributed by atoms with Gasteiger partial charge in [0.05, 0.1) is 17.0 Å². The molecule has 0 atom stereocenters. The van der Waals surface area contributed by atoms with Crippen LogP contribution in [-0.2, 0) is 6.54 Å². The second-order valence-corrected chi connectivity index (χ2v) is 2.92. The zero-order valence-corrected chi connectivity index (χ0v) is 6.94. The molecular formula is C8H5FN2O3. The van der Waals surface area contributed by atoms with E-state index < -0.39 is 10.8 Å². The van der Waals surface area contributed by atoms with E-state index in [2.05, 4.69) is 0 Å². The van der Waals surface area contributed by atoms with Gasteiger partial charge in [0.2, 0.25) is 0 Å². The maximum absolute atomic E-state index is 12.8. The number of carbonyl (C=O) groups excluding carboxylic acids is 1. The van der Waals surface area contributed by atoms with Crippen molar-refractivity contribution in [3.63, 3.8) is 0 Å². The van der Waals surface area contributed by atoms with Gasteiger partial charge in [-0.1, -0.05) is 4.48 Å². The second-order valence-electron chi connectivity index (χ2n) is 2.92. The van der Waals surface area contributed by atoms with Crippen molar-refractivity contribution in [2.75, 3.05) is 0 Å². The Labute approximate surface area is 77.8 Å². The molecule has 0 saturated heterocycles. The molecular weight excluding hydrogens is 191 g/mol. The molecule has 0 N–H and O–H groups in total. The molecule has 1 heterocycles. The highest BCUT2D eigenvalue weighted by atomic mass is 19.2. The van der Waals surface area contributed by atoms with Crippen LogP contribution in [0.2, 0.25) is 0 Å². The van der Waals surface area contributed by atoms with E-state index in [1.54, 1.807) is 0 Å². The van der Waals surface area contributed by atoms with E-state index in [-0.39, 0.29) is 22.9 Å². The molecule has 72 valence electrons. The lowest BCUT2D eigenvalue weighted by Gasteiger charge is -1.97. The number of fused-ring (bicyclic) bond motifs is 1. The van der Waals surface area contributed by atoms with Gasteiger partial charge < -0.3 is 0 Å². The van der Waals surface area contributed by atoms with Gasteiger partial charge in [-0.05, 0) is 11.6 Å². The molecule has 2 rings (SSSR count). The van der Waals surface area contributed by atoms with Crippen LogP contribution in [-0.4, -0.2) is 16.0 Å². The molecule has 0 unspecified atom stereocenters. The Balaban J connectivity index is 2.51. The number of amides is 1. The number of rotatable bonds is 1. The fraction of sp³-hybridized carbons (Fsp3) is 0.125. The minimum atomic E-state index is -0.816. The van der Waals surface area contributed by atoms with E-state index in [0.29, 0.717) is 5.56 Å². The summed E-state index contributed by atoms with van der Waals surface area (Å²) in [6.07, 6.45) is 0. The maximum atomic E-state index is 12.8. The van der Waals surface area contributed by atoms with Gasteiger partial charge in [-0.2, -0.15) is 5.12 Å². The first-order chi connectivity index (χ1) is 6.59. The molecule has 1 aromatic carbocycles. The number of nitrogens with zero attached hydrogens (tertiary/aromatic N) is 2. The van der Waals surface area contributed by atoms with Crippen LogP contribution in [0.4, 0.5) is 10.2 Å². The number of nitro groups is 1. The van der Waals surface area contributed by atoms with Crippen molar-refractivity contribution < 1.29 is 14.2 Å². The van der Waals surface area contributed by atoms with E-state index in [1.807, 2.05) is 0 Å². The first kappa shape index (κ1) is 8.61. The van der Waals surface area contributed by atoms with E-state index >= 15 is 0 Å². The number of halogens is 1.